The van der Waals surface area contributed by atoms with Gasteiger partial charge in [0.25, 0.3) is 0 Å². The van der Waals surface area contributed by atoms with Crippen molar-refractivity contribution in [2.45, 2.75) is 0 Å². The zero-order chi connectivity index (χ0) is 10.7. The first-order valence-corrected chi connectivity index (χ1v) is 4.81. The smallest absolute Gasteiger partial charge is 0.194 e. The van der Waals surface area contributed by atoms with Gasteiger partial charge in [0.1, 0.15) is 5.82 Å². The van der Waals surface area contributed by atoms with E-state index >= 15 is 0 Å². The molecule has 6 heteroatoms. The van der Waals surface area contributed by atoms with Crippen molar-refractivity contribution in [1.82, 2.24) is 10.2 Å². The van der Waals surface area contributed by atoms with E-state index in [1.54, 1.807) is 13.2 Å². The van der Waals surface area contributed by atoms with Gasteiger partial charge in [-0.2, -0.15) is 0 Å². The highest BCUT2D eigenvalue weighted by molar-refractivity contribution is 5.55. The molecule has 2 rings (SSSR count). The molecular formula is C9H14N4O2. The summed E-state index contributed by atoms with van der Waals surface area (Å²) in [5.41, 5.74) is 5.54. The van der Waals surface area contributed by atoms with Crippen LogP contribution in [0.1, 0.15) is 0 Å². The van der Waals surface area contributed by atoms with Gasteiger partial charge in [-0.25, -0.2) is 0 Å². The fraction of sp³-hybridized carbons (Fsp3) is 0.556. The number of anilines is 2. The van der Waals surface area contributed by atoms with E-state index in [0.717, 1.165) is 18.9 Å². The zero-order valence-electron chi connectivity index (χ0n) is 8.64. The predicted molar refractivity (Wildman–Crippen MR) is 56.0 cm³/mol. The van der Waals surface area contributed by atoms with E-state index in [1.165, 1.54) is 0 Å². The van der Waals surface area contributed by atoms with Gasteiger partial charge in [0.15, 0.2) is 11.6 Å². The second-order valence-electron chi connectivity index (χ2n) is 3.26. The average Bonchev–Trinajstić information content (AvgIpc) is 2.30. The molecule has 1 aliphatic rings. The summed E-state index contributed by atoms with van der Waals surface area (Å²) >= 11 is 0. The number of methoxy groups -OCH3 is 1. The Balaban J connectivity index is 2.25. The van der Waals surface area contributed by atoms with E-state index in [-0.39, 0.29) is 0 Å². The molecule has 2 heterocycles. The van der Waals surface area contributed by atoms with Crippen molar-refractivity contribution >= 4 is 11.6 Å². The molecule has 0 unspecified atom stereocenters. The molecule has 0 atom stereocenters. The third kappa shape index (κ3) is 2.10. The van der Waals surface area contributed by atoms with Crippen LogP contribution in [0.4, 0.5) is 11.6 Å². The van der Waals surface area contributed by atoms with Crippen molar-refractivity contribution in [2.75, 3.05) is 44.0 Å². The zero-order valence-corrected chi connectivity index (χ0v) is 8.64. The molecule has 0 aliphatic carbocycles. The number of ether oxygens (including phenoxy) is 2. The van der Waals surface area contributed by atoms with Gasteiger partial charge in [-0.3, -0.25) is 0 Å². The summed E-state index contributed by atoms with van der Waals surface area (Å²) in [4.78, 5) is 2.08. The molecule has 0 bridgehead atoms. The molecule has 15 heavy (non-hydrogen) atoms. The van der Waals surface area contributed by atoms with Crippen molar-refractivity contribution < 1.29 is 9.47 Å². The van der Waals surface area contributed by atoms with Crippen LogP contribution in [0.2, 0.25) is 0 Å². The van der Waals surface area contributed by atoms with Crippen LogP contribution in [-0.4, -0.2) is 43.6 Å². The van der Waals surface area contributed by atoms with E-state index in [2.05, 4.69) is 15.1 Å². The predicted octanol–water partition coefficient (Wildman–Crippen LogP) is -0.0960. The van der Waals surface area contributed by atoms with Crippen LogP contribution in [0.3, 0.4) is 0 Å². The van der Waals surface area contributed by atoms with Gasteiger partial charge >= 0.3 is 0 Å². The number of hydrogen-bond donors (Lipinski definition) is 1. The number of nitrogens with zero attached hydrogens (tertiary/aromatic N) is 3. The maximum absolute atomic E-state index is 5.54. The van der Waals surface area contributed by atoms with Crippen molar-refractivity contribution in [3.8, 4) is 5.75 Å². The first-order chi connectivity index (χ1) is 7.31. The normalized spacial score (nSPS) is 16.5. The Morgan fingerprint density at radius 1 is 1.40 bits per heavy atom. The molecule has 1 saturated heterocycles. The molecule has 1 aliphatic heterocycles. The second-order valence-corrected chi connectivity index (χ2v) is 3.26. The Kier molecular flexibility index (Phi) is 2.86. The monoisotopic (exact) mass is 210 g/mol. The van der Waals surface area contributed by atoms with E-state index in [4.69, 9.17) is 15.2 Å². The van der Waals surface area contributed by atoms with Crippen molar-refractivity contribution in [3.63, 3.8) is 0 Å². The summed E-state index contributed by atoms with van der Waals surface area (Å²) in [6, 6.07) is 1.68. The molecule has 0 amide bonds. The van der Waals surface area contributed by atoms with Crippen molar-refractivity contribution in [2.24, 2.45) is 0 Å². The quantitative estimate of drug-likeness (QED) is 0.735. The van der Waals surface area contributed by atoms with Gasteiger partial charge in [-0.05, 0) is 0 Å². The van der Waals surface area contributed by atoms with Crippen molar-refractivity contribution in [1.29, 1.82) is 0 Å². The SMILES string of the molecule is COc1cc(N)nnc1N1CCOCC1. The highest BCUT2D eigenvalue weighted by Crippen LogP contribution is 2.26. The maximum atomic E-state index is 5.54. The Bertz CT molecular complexity index is 339. The number of hydrogen-bond acceptors (Lipinski definition) is 6. The van der Waals surface area contributed by atoms with E-state index in [1.807, 2.05) is 0 Å². The van der Waals surface area contributed by atoms with Gasteiger partial charge < -0.3 is 20.1 Å². The third-order valence-electron chi connectivity index (χ3n) is 2.29. The van der Waals surface area contributed by atoms with Gasteiger partial charge in [0.2, 0.25) is 0 Å². The Labute approximate surface area is 88.0 Å². The highest BCUT2D eigenvalue weighted by Gasteiger charge is 2.17. The summed E-state index contributed by atoms with van der Waals surface area (Å²) in [7, 11) is 1.60. The summed E-state index contributed by atoms with van der Waals surface area (Å²) in [6.45, 7) is 3.01. The molecule has 1 fully saturated rings. The fourth-order valence-corrected chi connectivity index (χ4v) is 1.53. The Morgan fingerprint density at radius 3 is 2.80 bits per heavy atom. The molecule has 6 nitrogen and oxygen atoms in total. The lowest BCUT2D eigenvalue weighted by Gasteiger charge is -2.28. The average molecular weight is 210 g/mol. The molecular weight excluding hydrogens is 196 g/mol. The highest BCUT2D eigenvalue weighted by atomic mass is 16.5. The summed E-state index contributed by atoms with van der Waals surface area (Å²) in [6.07, 6.45) is 0. The van der Waals surface area contributed by atoms with E-state index < -0.39 is 0 Å². The minimum absolute atomic E-state index is 0.365. The van der Waals surface area contributed by atoms with Crippen LogP contribution in [0.15, 0.2) is 6.07 Å². The molecule has 0 spiro atoms. The molecule has 0 aromatic carbocycles. The van der Waals surface area contributed by atoms with Crippen LogP contribution in [0.25, 0.3) is 0 Å². The molecule has 1 aromatic rings. The molecule has 0 saturated carbocycles. The van der Waals surface area contributed by atoms with Crippen molar-refractivity contribution in [3.05, 3.63) is 6.07 Å². The first kappa shape index (κ1) is 9.97. The van der Waals surface area contributed by atoms with E-state index in [0.29, 0.717) is 24.8 Å². The third-order valence-corrected chi connectivity index (χ3v) is 2.29. The summed E-state index contributed by atoms with van der Waals surface area (Å²) in [5, 5.41) is 7.87. The lowest BCUT2D eigenvalue weighted by molar-refractivity contribution is 0.122. The number of morpholine rings is 1. The van der Waals surface area contributed by atoms with Gasteiger partial charge in [-0.1, -0.05) is 0 Å². The number of rotatable bonds is 2. The molecule has 0 radical (unpaired) electrons. The van der Waals surface area contributed by atoms with Crippen LogP contribution in [-0.2, 0) is 4.74 Å². The first-order valence-electron chi connectivity index (χ1n) is 4.81. The maximum Gasteiger partial charge on any atom is 0.194 e. The largest absolute Gasteiger partial charge is 0.493 e. The lowest BCUT2D eigenvalue weighted by atomic mass is 10.3. The van der Waals surface area contributed by atoms with E-state index in [9.17, 15) is 0 Å². The molecule has 82 valence electrons. The van der Waals surface area contributed by atoms with Crippen LogP contribution < -0.4 is 15.4 Å². The standard InChI is InChI=1S/C9H14N4O2/c1-14-7-6-8(10)11-12-9(7)13-2-4-15-5-3-13/h6H,2-5H2,1H3,(H2,10,11). The van der Waals surface area contributed by atoms with Crippen LogP contribution in [0.5, 0.6) is 5.75 Å². The molecule has 2 N–H and O–H groups in total. The summed E-state index contributed by atoms with van der Waals surface area (Å²) in [5.74, 6) is 1.75. The fourth-order valence-electron chi connectivity index (χ4n) is 1.53. The van der Waals surface area contributed by atoms with Gasteiger partial charge in [-0.15, -0.1) is 10.2 Å². The Hall–Kier alpha value is -1.56. The summed E-state index contributed by atoms with van der Waals surface area (Å²) < 4.78 is 10.5. The Morgan fingerprint density at radius 2 is 2.13 bits per heavy atom. The van der Waals surface area contributed by atoms with Gasteiger partial charge in [0.05, 0.1) is 20.3 Å². The minimum atomic E-state index is 0.365. The van der Waals surface area contributed by atoms with Gasteiger partial charge in [0, 0.05) is 19.2 Å². The number of aromatic nitrogens is 2. The van der Waals surface area contributed by atoms with Crippen LogP contribution in [0, 0.1) is 0 Å². The topological polar surface area (TPSA) is 73.5 Å². The lowest BCUT2D eigenvalue weighted by Crippen LogP contribution is -2.37. The molecule has 1 aromatic heterocycles. The number of nitrogen functional groups attached to an aromatic ring is 1. The second kappa shape index (κ2) is 4.31. The minimum Gasteiger partial charge on any atom is -0.493 e. The van der Waals surface area contributed by atoms with Crippen LogP contribution >= 0.6 is 0 Å². The number of nitrogens with two attached hydrogens (primary N) is 1.